The van der Waals surface area contributed by atoms with E-state index in [-0.39, 0.29) is 17.6 Å². The summed E-state index contributed by atoms with van der Waals surface area (Å²) in [6.07, 6.45) is 1.78. The van der Waals surface area contributed by atoms with Crippen LogP contribution in [0.25, 0.3) is 11.3 Å². The first kappa shape index (κ1) is 17.4. The summed E-state index contributed by atoms with van der Waals surface area (Å²) in [5, 5.41) is 4.13. The van der Waals surface area contributed by atoms with E-state index in [1.165, 1.54) is 6.07 Å². The van der Waals surface area contributed by atoms with Crippen molar-refractivity contribution >= 4 is 12.2 Å². The van der Waals surface area contributed by atoms with E-state index >= 15 is 0 Å². The Bertz CT molecular complexity index is 932. The van der Waals surface area contributed by atoms with Crippen LogP contribution in [0, 0.1) is 0 Å². The van der Waals surface area contributed by atoms with Gasteiger partial charge >= 0.3 is 0 Å². The maximum atomic E-state index is 11.8. The summed E-state index contributed by atoms with van der Waals surface area (Å²) in [5.74, 6) is 1.10. The van der Waals surface area contributed by atoms with Gasteiger partial charge in [-0.25, -0.2) is 10.4 Å². The van der Waals surface area contributed by atoms with Crippen molar-refractivity contribution in [3.8, 4) is 17.0 Å². The minimum Gasteiger partial charge on any atom is -0.491 e. The number of aromatic amines is 1. The van der Waals surface area contributed by atoms with Crippen molar-refractivity contribution < 1.29 is 4.74 Å². The molecule has 0 amide bonds. The van der Waals surface area contributed by atoms with E-state index in [0.29, 0.717) is 5.69 Å². The monoisotopic (exact) mass is 348 g/mol. The highest BCUT2D eigenvalue weighted by Gasteiger charge is 2.03. The Morgan fingerprint density at radius 1 is 1.12 bits per heavy atom. The molecule has 0 spiro atoms. The van der Waals surface area contributed by atoms with Crippen LogP contribution >= 0.6 is 0 Å². The van der Waals surface area contributed by atoms with Crippen LogP contribution in [0.1, 0.15) is 19.4 Å². The Labute approximate surface area is 151 Å². The summed E-state index contributed by atoms with van der Waals surface area (Å²) in [7, 11) is 0. The van der Waals surface area contributed by atoms with Gasteiger partial charge in [0, 0.05) is 11.6 Å². The summed E-state index contributed by atoms with van der Waals surface area (Å²) in [4.78, 5) is 18.8. The van der Waals surface area contributed by atoms with Crippen LogP contribution in [0.15, 0.2) is 70.6 Å². The van der Waals surface area contributed by atoms with Gasteiger partial charge in [-0.2, -0.15) is 5.10 Å². The van der Waals surface area contributed by atoms with Gasteiger partial charge in [0.15, 0.2) is 0 Å². The third kappa shape index (κ3) is 4.80. The van der Waals surface area contributed by atoms with E-state index in [2.05, 4.69) is 20.5 Å². The lowest BCUT2D eigenvalue weighted by molar-refractivity contribution is 0.242. The Hall–Kier alpha value is -3.41. The molecule has 3 rings (SSSR count). The fraction of sp³-hybridized carbons (Fsp3) is 0.150. The normalized spacial score (nSPS) is 11.0. The molecule has 0 radical (unpaired) electrons. The van der Waals surface area contributed by atoms with Crippen LogP contribution in [0.5, 0.6) is 5.75 Å². The SMILES string of the molecule is CC(C)Oc1ccc(/C=N\Nc2nc(-c3ccccc3)cc(=O)[nH]2)cc1. The molecule has 0 fully saturated rings. The van der Waals surface area contributed by atoms with Crippen molar-refractivity contribution in [2.24, 2.45) is 5.10 Å². The predicted octanol–water partition coefficient (Wildman–Crippen LogP) is 3.67. The van der Waals surface area contributed by atoms with E-state index < -0.39 is 0 Å². The Morgan fingerprint density at radius 2 is 1.85 bits per heavy atom. The lowest BCUT2D eigenvalue weighted by atomic mass is 10.1. The fourth-order valence-corrected chi connectivity index (χ4v) is 2.34. The number of benzene rings is 2. The van der Waals surface area contributed by atoms with Gasteiger partial charge in [-0.1, -0.05) is 30.3 Å². The van der Waals surface area contributed by atoms with Gasteiger partial charge in [0.25, 0.3) is 5.56 Å². The molecule has 6 heteroatoms. The second-order valence-corrected chi connectivity index (χ2v) is 5.95. The van der Waals surface area contributed by atoms with E-state index in [9.17, 15) is 4.79 Å². The lowest BCUT2D eigenvalue weighted by Crippen LogP contribution is -2.10. The maximum Gasteiger partial charge on any atom is 0.252 e. The molecular formula is C20H20N4O2. The van der Waals surface area contributed by atoms with Crippen molar-refractivity contribution in [2.45, 2.75) is 20.0 Å². The van der Waals surface area contributed by atoms with E-state index in [1.54, 1.807) is 6.21 Å². The second kappa shape index (κ2) is 8.11. The smallest absolute Gasteiger partial charge is 0.252 e. The first-order chi connectivity index (χ1) is 12.6. The molecule has 0 unspecified atom stereocenters. The number of hydrogen-bond donors (Lipinski definition) is 2. The molecule has 0 aliphatic heterocycles. The summed E-state index contributed by atoms with van der Waals surface area (Å²) in [6.45, 7) is 3.97. The number of nitrogens with zero attached hydrogens (tertiary/aromatic N) is 2. The molecular weight excluding hydrogens is 328 g/mol. The van der Waals surface area contributed by atoms with Gasteiger partial charge in [-0.05, 0) is 43.7 Å². The van der Waals surface area contributed by atoms with Gasteiger partial charge in [0.05, 0.1) is 18.0 Å². The minimum absolute atomic E-state index is 0.135. The zero-order chi connectivity index (χ0) is 18.4. The zero-order valence-electron chi connectivity index (χ0n) is 14.6. The number of rotatable bonds is 6. The number of hydrogen-bond acceptors (Lipinski definition) is 5. The third-order valence-electron chi connectivity index (χ3n) is 3.45. The van der Waals surface area contributed by atoms with Crippen molar-refractivity contribution in [3.05, 3.63) is 76.6 Å². The molecule has 0 aliphatic carbocycles. The van der Waals surface area contributed by atoms with E-state index in [1.807, 2.05) is 68.4 Å². The molecule has 0 bridgehead atoms. The number of hydrazone groups is 1. The van der Waals surface area contributed by atoms with Crippen LogP contribution in [0.4, 0.5) is 5.95 Å². The Morgan fingerprint density at radius 3 is 2.54 bits per heavy atom. The maximum absolute atomic E-state index is 11.8. The van der Waals surface area contributed by atoms with E-state index in [4.69, 9.17) is 4.74 Å². The molecule has 1 aromatic heterocycles. The summed E-state index contributed by atoms with van der Waals surface area (Å²) in [6, 6.07) is 18.5. The highest BCUT2D eigenvalue weighted by molar-refractivity contribution is 5.80. The van der Waals surface area contributed by atoms with Gasteiger partial charge in [-0.15, -0.1) is 0 Å². The van der Waals surface area contributed by atoms with Gasteiger partial charge in [-0.3, -0.25) is 9.78 Å². The first-order valence-electron chi connectivity index (χ1n) is 8.33. The number of anilines is 1. The van der Waals surface area contributed by atoms with Crippen LogP contribution in [-0.2, 0) is 0 Å². The molecule has 0 saturated heterocycles. The minimum atomic E-state index is -0.244. The van der Waals surface area contributed by atoms with E-state index in [0.717, 1.165) is 16.9 Å². The van der Waals surface area contributed by atoms with Crippen molar-refractivity contribution in [1.29, 1.82) is 0 Å². The molecule has 1 heterocycles. The quantitative estimate of drug-likeness (QED) is 0.526. The number of ether oxygens (including phenoxy) is 1. The molecule has 26 heavy (non-hydrogen) atoms. The standard InChI is InChI=1S/C20H20N4O2/c1-14(2)26-17-10-8-15(9-11-17)13-21-24-20-22-18(12-19(25)23-20)16-6-4-3-5-7-16/h3-14H,1-2H3,(H2,22,23,24,25)/b21-13-. The molecule has 2 N–H and O–H groups in total. The molecule has 2 aromatic carbocycles. The van der Waals surface area contributed by atoms with Crippen molar-refractivity contribution in [2.75, 3.05) is 5.43 Å². The van der Waals surface area contributed by atoms with Gasteiger partial charge in [0.1, 0.15) is 5.75 Å². The van der Waals surface area contributed by atoms with Gasteiger partial charge in [0.2, 0.25) is 5.95 Å². The second-order valence-electron chi connectivity index (χ2n) is 5.95. The van der Waals surface area contributed by atoms with Gasteiger partial charge < -0.3 is 4.74 Å². The Balaban J connectivity index is 1.70. The van der Waals surface area contributed by atoms with Crippen LogP contribution in [-0.4, -0.2) is 22.3 Å². The van der Waals surface area contributed by atoms with Crippen LogP contribution < -0.4 is 15.7 Å². The summed E-state index contributed by atoms with van der Waals surface area (Å²) >= 11 is 0. The molecule has 0 atom stereocenters. The summed E-state index contributed by atoms with van der Waals surface area (Å²) in [5.41, 5.74) is 4.87. The predicted molar refractivity (Wildman–Crippen MR) is 104 cm³/mol. The number of aromatic nitrogens is 2. The highest BCUT2D eigenvalue weighted by atomic mass is 16.5. The van der Waals surface area contributed by atoms with Crippen molar-refractivity contribution in [3.63, 3.8) is 0 Å². The van der Waals surface area contributed by atoms with Crippen LogP contribution in [0.2, 0.25) is 0 Å². The topological polar surface area (TPSA) is 79.4 Å². The number of nitrogens with one attached hydrogen (secondary N) is 2. The largest absolute Gasteiger partial charge is 0.491 e. The summed E-state index contributed by atoms with van der Waals surface area (Å²) < 4.78 is 5.60. The third-order valence-corrected chi connectivity index (χ3v) is 3.45. The molecule has 3 aromatic rings. The zero-order valence-corrected chi connectivity index (χ0v) is 14.6. The van der Waals surface area contributed by atoms with Crippen molar-refractivity contribution in [1.82, 2.24) is 9.97 Å². The average molecular weight is 348 g/mol. The highest BCUT2D eigenvalue weighted by Crippen LogP contribution is 2.15. The van der Waals surface area contributed by atoms with Crippen LogP contribution in [0.3, 0.4) is 0 Å². The number of H-pyrrole nitrogens is 1. The Kier molecular flexibility index (Phi) is 5.43. The lowest BCUT2D eigenvalue weighted by Gasteiger charge is -2.09. The molecule has 6 nitrogen and oxygen atoms in total. The molecule has 0 saturated carbocycles. The fourth-order valence-electron chi connectivity index (χ4n) is 2.34. The molecule has 132 valence electrons. The average Bonchev–Trinajstić information content (AvgIpc) is 2.63. The first-order valence-corrected chi connectivity index (χ1v) is 8.33. The molecule has 0 aliphatic rings.